The van der Waals surface area contributed by atoms with Gasteiger partial charge in [0.05, 0.1) is 13.2 Å². The van der Waals surface area contributed by atoms with Crippen LogP contribution in [-0.4, -0.2) is 47.9 Å². The molecule has 1 aromatic rings. The molecule has 1 rings (SSSR count). The molecular formula is C25H36O7. The second-order valence-corrected chi connectivity index (χ2v) is 6.07. The van der Waals surface area contributed by atoms with E-state index < -0.39 is 11.9 Å². The number of carbonyl (C=O) groups excluding carboxylic acids is 2. The van der Waals surface area contributed by atoms with Crippen LogP contribution in [0.1, 0.15) is 39.2 Å². The van der Waals surface area contributed by atoms with Crippen molar-refractivity contribution in [2.24, 2.45) is 0 Å². The first-order chi connectivity index (χ1) is 15.1. The average Bonchev–Trinajstić information content (AvgIpc) is 2.79. The first-order valence-electron chi connectivity index (χ1n) is 9.86. The van der Waals surface area contributed by atoms with Crippen molar-refractivity contribution in [3.63, 3.8) is 0 Å². The molecule has 0 spiro atoms. The van der Waals surface area contributed by atoms with Crippen LogP contribution >= 0.6 is 0 Å². The number of ether oxygens (including phenoxy) is 2. The fourth-order valence-corrected chi connectivity index (χ4v) is 1.23. The highest BCUT2D eigenvalue weighted by Gasteiger charge is 1.99. The minimum absolute atomic E-state index is 0.0473. The van der Waals surface area contributed by atoms with Crippen LogP contribution in [0.5, 0.6) is 0 Å². The number of carboxylic acid groups (broad SMARTS) is 1. The summed E-state index contributed by atoms with van der Waals surface area (Å²) in [5, 5.41) is 16.1. The van der Waals surface area contributed by atoms with Gasteiger partial charge in [0, 0.05) is 17.2 Å². The number of aliphatic hydroxyl groups excluding tert-OH is 1. The zero-order valence-electron chi connectivity index (χ0n) is 19.3. The van der Waals surface area contributed by atoms with E-state index in [1.54, 1.807) is 6.92 Å². The summed E-state index contributed by atoms with van der Waals surface area (Å²) in [5.41, 5.74) is 1.70. The largest absolute Gasteiger partial charge is 0.478 e. The number of hydrogen-bond acceptors (Lipinski definition) is 6. The Morgan fingerprint density at radius 1 is 0.969 bits per heavy atom. The molecule has 0 radical (unpaired) electrons. The van der Waals surface area contributed by atoms with Gasteiger partial charge in [0.15, 0.2) is 0 Å². The lowest BCUT2D eigenvalue weighted by molar-refractivity contribution is -0.140. The molecule has 178 valence electrons. The molecular weight excluding hydrogens is 412 g/mol. The number of hydrogen-bond donors (Lipinski definition) is 2. The van der Waals surface area contributed by atoms with Gasteiger partial charge in [0.1, 0.15) is 6.61 Å². The van der Waals surface area contributed by atoms with E-state index in [0.717, 1.165) is 12.8 Å². The smallest absolute Gasteiger partial charge is 0.333 e. The van der Waals surface area contributed by atoms with E-state index in [2.05, 4.69) is 35.8 Å². The predicted octanol–water partition coefficient (Wildman–Crippen LogP) is 4.59. The van der Waals surface area contributed by atoms with Crippen LogP contribution in [0.2, 0.25) is 0 Å². The zero-order chi connectivity index (χ0) is 25.4. The molecule has 0 aliphatic carbocycles. The summed E-state index contributed by atoms with van der Waals surface area (Å²) in [7, 11) is 0. The molecule has 0 aliphatic heterocycles. The van der Waals surface area contributed by atoms with Gasteiger partial charge in [-0.2, -0.15) is 0 Å². The molecule has 0 fully saturated rings. The van der Waals surface area contributed by atoms with Crippen LogP contribution in [-0.2, 0) is 23.9 Å². The Balaban J connectivity index is -0.000000354. The molecule has 0 aromatic heterocycles. The first-order valence-corrected chi connectivity index (χ1v) is 9.86. The number of esters is 2. The number of carbonyl (C=O) groups is 3. The van der Waals surface area contributed by atoms with Gasteiger partial charge in [0.2, 0.25) is 0 Å². The summed E-state index contributed by atoms with van der Waals surface area (Å²) >= 11 is 0. The van der Waals surface area contributed by atoms with Gasteiger partial charge in [-0.25, -0.2) is 14.4 Å². The number of aliphatic hydroxyl groups is 1. The summed E-state index contributed by atoms with van der Waals surface area (Å²) in [6.07, 6.45) is 4.99. The Labute approximate surface area is 191 Å². The van der Waals surface area contributed by atoms with E-state index >= 15 is 0 Å². The maximum Gasteiger partial charge on any atom is 0.333 e. The van der Waals surface area contributed by atoms with Crippen molar-refractivity contribution < 1.29 is 34.1 Å². The van der Waals surface area contributed by atoms with Gasteiger partial charge in [0.25, 0.3) is 0 Å². The molecule has 1 aromatic carbocycles. The molecule has 0 heterocycles. The second-order valence-electron chi connectivity index (χ2n) is 6.07. The molecule has 0 atom stereocenters. The van der Waals surface area contributed by atoms with Gasteiger partial charge in [-0.1, -0.05) is 76.1 Å². The molecule has 2 N–H and O–H groups in total. The number of benzene rings is 1. The Morgan fingerprint density at radius 3 is 1.81 bits per heavy atom. The van der Waals surface area contributed by atoms with Crippen LogP contribution in [0.15, 0.2) is 73.9 Å². The molecule has 0 bridgehead atoms. The highest BCUT2D eigenvalue weighted by Crippen LogP contribution is 1.97. The van der Waals surface area contributed by atoms with Crippen LogP contribution in [0.3, 0.4) is 0 Å². The molecule has 0 unspecified atom stereocenters. The third-order valence-corrected chi connectivity index (χ3v) is 2.98. The molecule has 0 saturated carbocycles. The lowest BCUT2D eigenvalue weighted by atomic mass is 10.2. The highest BCUT2D eigenvalue weighted by molar-refractivity contribution is 5.86. The van der Waals surface area contributed by atoms with Crippen LogP contribution < -0.4 is 0 Å². The lowest BCUT2D eigenvalue weighted by Crippen LogP contribution is -2.08. The van der Waals surface area contributed by atoms with E-state index in [0.29, 0.717) is 12.2 Å². The minimum Gasteiger partial charge on any atom is -0.478 e. The van der Waals surface area contributed by atoms with E-state index in [4.69, 9.17) is 10.2 Å². The van der Waals surface area contributed by atoms with E-state index in [1.807, 2.05) is 43.3 Å². The van der Waals surface area contributed by atoms with Crippen molar-refractivity contribution in [1.29, 1.82) is 0 Å². The maximum atomic E-state index is 10.5. The Hall–Kier alpha value is -3.45. The fraction of sp³-hybridized carbons (Fsp3) is 0.320. The van der Waals surface area contributed by atoms with Crippen molar-refractivity contribution in [2.45, 2.75) is 33.6 Å². The summed E-state index contributed by atoms with van der Waals surface area (Å²) in [4.78, 5) is 30.4. The molecule has 32 heavy (non-hydrogen) atoms. The topological polar surface area (TPSA) is 110 Å². The Kier molecular flexibility index (Phi) is 24.7. The van der Waals surface area contributed by atoms with Crippen molar-refractivity contribution in [2.75, 3.05) is 19.8 Å². The van der Waals surface area contributed by atoms with Crippen LogP contribution in [0.4, 0.5) is 0 Å². The monoisotopic (exact) mass is 448 g/mol. The SMILES string of the molecule is C=C(C)C(=O)O.C=C(C)C(=O)OCCO.C=CC(=O)OCCCC.C=Cc1ccccc1. The van der Waals surface area contributed by atoms with Crippen LogP contribution in [0.25, 0.3) is 6.08 Å². The van der Waals surface area contributed by atoms with Gasteiger partial charge >= 0.3 is 17.9 Å². The number of aliphatic carboxylic acids is 1. The third kappa shape index (κ3) is 26.6. The van der Waals surface area contributed by atoms with Crippen molar-refractivity contribution >= 4 is 24.0 Å². The van der Waals surface area contributed by atoms with Gasteiger partial charge in [-0.3, -0.25) is 0 Å². The average molecular weight is 449 g/mol. The summed E-state index contributed by atoms with van der Waals surface area (Å²) in [6.45, 7) is 18.9. The van der Waals surface area contributed by atoms with E-state index in [1.165, 1.54) is 18.6 Å². The van der Waals surface area contributed by atoms with Gasteiger partial charge in [-0.05, 0) is 25.8 Å². The second kappa shape index (κ2) is 23.8. The normalized spacial score (nSPS) is 8.38. The number of unbranched alkanes of at least 4 members (excludes halogenated alkanes) is 1. The quantitative estimate of drug-likeness (QED) is 0.323. The van der Waals surface area contributed by atoms with Crippen LogP contribution in [0, 0.1) is 0 Å². The summed E-state index contributed by atoms with van der Waals surface area (Å²) in [6, 6.07) is 10.0. The lowest BCUT2D eigenvalue weighted by Gasteiger charge is -1.99. The molecule has 0 amide bonds. The van der Waals surface area contributed by atoms with Crippen molar-refractivity contribution in [3.05, 3.63) is 79.4 Å². The highest BCUT2D eigenvalue weighted by atomic mass is 16.5. The zero-order valence-corrected chi connectivity index (χ0v) is 19.3. The Bertz CT molecular complexity index is 692. The molecule has 7 heteroatoms. The van der Waals surface area contributed by atoms with Gasteiger partial charge < -0.3 is 19.7 Å². The van der Waals surface area contributed by atoms with E-state index in [9.17, 15) is 14.4 Å². The third-order valence-electron chi connectivity index (χ3n) is 2.98. The predicted molar refractivity (Wildman–Crippen MR) is 128 cm³/mol. The Morgan fingerprint density at radius 2 is 1.50 bits per heavy atom. The fourth-order valence-electron chi connectivity index (χ4n) is 1.23. The maximum absolute atomic E-state index is 10.5. The summed E-state index contributed by atoms with van der Waals surface area (Å²) < 4.78 is 9.14. The van der Waals surface area contributed by atoms with Gasteiger partial charge in [-0.15, -0.1) is 0 Å². The standard InChI is InChI=1S/C8H8.C7H12O2.C6H10O3.C4H6O2/c1-2-8-6-4-3-5-7-8;1-3-5-6-9-7(8)4-2;1-5(2)6(8)9-4-3-7;1-3(2)4(5)6/h2-7H,1H2;4H,2-3,5-6H2,1H3;7H,1,3-4H2,2H3;1H2,2H3,(H,5,6). The molecule has 0 saturated heterocycles. The molecule has 7 nitrogen and oxygen atoms in total. The minimum atomic E-state index is -0.935. The first kappa shape index (κ1) is 33.2. The number of rotatable bonds is 9. The number of carboxylic acids is 1. The summed E-state index contributed by atoms with van der Waals surface area (Å²) in [5.74, 6) is -1.72. The van der Waals surface area contributed by atoms with Crippen molar-refractivity contribution in [1.82, 2.24) is 0 Å². The van der Waals surface area contributed by atoms with E-state index in [-0.39, 0.29) is 24.8 Å². The van der Waals surface area contributed by atoms with Crippen molar-refractivity contribution in [3.8, 4) is 0 Å². The molecule has 0 aliphatic rings.